The average molecular weight is 322 g/mol. The highest BCUT2D eigenvalue weighted by molar-refractivity contribution is 5.87. The lowest BCUT2D eigenvalue weighted by Gasteiger charge is -2.23. The summed E-state index contributed by atoms with van der Waals surface area (Å²) in [6.45, 7) is 5.09. The molecule has 0 aliphatic carbocycles. The molecule has 1 aromatic carbocycles. The Morgan fingerprint density at radius 1 is 1.17 bits per heavy atom. The molecule has 0 unspecified atom stereocenters. The van der Waals surface area contributed by atoms with E-state index in [0.29, 0.717) is 0 Å². The van der Waals surface area contributed by atoms with Gasteiger partial charge in [0.25, 0.3) is 0 Å². The van der Waals surface area contributed by atoms with E-state index >= 15 is 0 Å². The van der Waals surface area contributed by atoms with Gasteiger partial charge < -0.3 is 20.5 Å². The van der Waals surface area contributed by atoms with Crippen molar-refractivity contribution in [2.45, 2.75) is 45.4 Å². The molecule has 1 atom stereocenters. The summed E-state index contributed by atoms with van der Waals surface area (Å²) in [4.78, 5) is 34.9. The summed E-state index contributed by atoms with van der Waals surface area (Å²) in [7, 11) is 0. The van der Waals surface area contributed by atoms with E-state index in [9.17, 15) is 14.4 Å². The zero-order valence-electron chi connectivity index (χ0n) is 13.5. The number of primary amides is 1. The van der Waals surface area contributed by atoms with Gasteiger partial charge in [-0.1, -0.05) is 30.3 Å². The molecule has 3 N–H and O–H groups in total. The Bertz CT molecular complexity index is 551. The van der Waals surface area contributed by atoms with Gasteiger partial charge in [-0.25, -0.2) is 9.59 Å². The molecular formula is C16H22N2O5. The highest BCUT2D eigenvalue weighted by Gasteiger charge is 2.28. The summed E-state index contributed by atoms with van der Waals surface area (Å²) in [6.07, 6.45) is -1.19. The van der Waals surface area contributed by atoms with Crippen molar-refractivity contribution in [2.24, 2.45) is 5.73 Å². The molecule has 0 aromatic heterocycles. The predicted molar refractivity (Wildman–Crippen MR) is 83.2 cm³/mol. The van der Waals surface area contributed by atoms with Gasteiger partial charge in [-0.3, -0.25) is 4.79 Å². The van der Waals surface area contributed by atoms with E-state index in [1.165, 1.54) is 0 Å². The Balaban J connectivity index is 2.60. The van der Waals surface area contributed by atoms with Gasteiger partial charge in [-0.05, 0) is 26.3 Å². The van der Waals surface area contributed by atoms with E-state index in [4.69, 9.17) is 15.2 Å². The minimum absolute atomic E-state index is 0.0459. The SMILES string of the molecule is CC(C)(C)OC(=O)[C@H](CC(N)=O)NC(=O)OCc1ccccc1. The number of carbonyl (C=O) groups excluding carboxylic acids is 3. The second kappa shape index (κ2) is 8.17. The predicted octanol–water partition coefficient (Wildman–Crippen LogP) is 1.50. The quantitative estimate of drug-likeness (QED) is 0.772. The molecule has 0 saturated heterocycles. The first-order valence-electron chi connectivity index (χ1n) is 7.16. The Labute approximate surface area is 135 Å². The van der Waals surface area contributed by atoms with Crippen LogP contribution in [0.5, 0.6) is 0 Å². The first kappa shape index (κ1) is 18.5. The van der Waals surface area contributed by atoms with Crippen molar-refractivity contribution < 1.29 is 23.9 Å². The van der Waals surface area contributed by atoms with Crippen LogP contribution < -0.4 is 11.1 Å². The van der Waals surface area contributed by atoms with Crippen LogP contribution in [0.4, 0.5) is 4.79 Å². The molecule has 0 heterocycles. The first-order valence-corrected chi connectivity index (χ1v) is 7.16. The molecule has 23 heavy (non-hydrogen) atoms. The molecule has 2 amide bonds. The number of esters is 1. The third kappa shape index (κ3) is 7.85. The van der Waals surface area contributed by atoms with Crippen molar-refractivity contribution in [2.75, 3.05) is 0 Å². The molecule has 126 valence electrons. The number of hydrogen-bond donors (Lipinski definition) is 2. The van der Waals surface area contributed by atoms with Crippen LogP contribution in [-0.4, -0.2) is 29.6 Å². The molecule has 0 spiro atoms. The van der Waals surface area contributed by atoms with Gasteiger partial charge >= 0.3 is 12.1 Å². The highest BCUT2D eigenvalue weighted by atomic mass is 16.6. The number of amides is 2. The second-order valence-corrected chi connectivity index (χ2v) is 5.96. The van der Waals surface area contributed by atoms with Crippen LogP contribution in [0.3, 0.4) is 0 Å². The van der Waals surface area contributed by atoms with E-state index in [0.717, 1.165) is 5.56 Å². The molecule has 7 heteroatoms. The van der Waals surface area contributed by atoms with Crippen LogP contribution in [0.2, 0.25) is 0 Å². The van der Waals surface area contributed by atoms with Crippen molar-refractivity contribution in [3.05, 3.63) is 35.9 Å². The number of nitrogens with two attached hydrogens (primary N) is 1. The van der Waals surface area contributed by atoms with E-state index in [1.807, 2.05) is 18.2 Å². The molecule has 0 aliphatic rings. The van der Waals surface area contributed by atoms with Crippen LogP contribution in [0.25, 0.3) is 0 Å². The number of benzene rings is 1. The van der Waals surface area contributed by atoms with E-state index in [1.54, 1.807) is 32.9 Å². The molecule has 0 fully saturated rings. The van der Waals surface area contributed by atoms with Crippen LogP contribution in [0, 0.1) is 0 Å². The minimum Gasteiger partial charge on any atom is -0.458 e. The maximum atomic E-state index is 12.0. The highest BCUT2D eigenvalue weighted by Crippen LogP contribution is 2.10. The number of rotatable bonds is 6. The fourth-order valence-electron chi connectivity index (χ4n) is 1.67. The third-order valence-electron chi connectivity index (χ3n) is 2.60. The average Bonchev–Trinajstić information content (AvgIpc) is 2.43. The molecule has 0 saturated carbocycles. The van der Waals surface area contributed by atoms with Gasteiger partial charge in [0, 0.05) is 0 Å². The van der Waals surface area contributed by atoms with Gasteiger partial charge in [-0.2, -0.15) is 0 Å². The maximum Gasteiger partial charge on any atom is 0.408 e. The number of nitrogens with one attached hydrogen (secondary N) is 1. The van der Waals surface area contributed by atoms with Crippen LogP contribution in [0.15, 0.2) is 30.3 Å². The smallest absolute Gasteiger partial charge is 0.408 e. The van der Waals surface area contributed by atoms with E-state index < -0.39 is 29.6 Å². The molecule has 0 bridgehead atoms. The zero-order valence-corrected chi connectivity index (χ0v) is 13.5. The van der Waals surface area contributed by atoms with E-state index in [-0.39, 0.29) is 13.0 Å². The summed E-state index contributed by atoms with van der Waals surface area (Å²) in [5.74, 6) is -1.47. The number of carbonyl (C=O) groups is 3. The van der Waals surface area contributed by atoms with E-state index in [2.05, 4.69) is 5.32 Å². The van der Waals surface area contributed by atoms with Crippen LogP contribution in [0.1, 0.15) is 32.8 Å². The van der Waals surface area contributed by atoms with Crippen molar-refractivity contribution in [1.29, 1.82) is 0 Å². The fraction of sp³-hybridized carbons (Fsp3) is 0.438. The zero-order chi connectivity index (χ0) is 17.5. The fourth-order valence-corrected chi connectivity index (χ4v) is 1.67. The third-order valence-corrected chi connectivity index (χ3v) is 2.60. The van der Waals surface area contributed by atoms with Crippen molar-refractivity contribution in [3.63, 3.8) is 0 Å². The molecule has 1 aromatic rings. The Morgan fingerprint density at radius 2 is 1.78 bits per heavy atom. The largest absolute Gasteiger partial charge is 0.458 e. The Morgan fingerprint density at radius 3 is 2.30 bits per heavy atom. The van der Waals surface area contributed by atoms with Gasteiger partial charge in [0.1, 0.15) is 18.2 Å². The van der Waals surface area contributed by atoms with Crippen molar-refractivity contribution >= 4 is 18.0 Å². The number of hydrogen-bond acceptors (Lipinski definition) is 5. The van der Waals surface area contributed by atoms with Gasteiger partial charge in [0.2, 0.25) is 5.91 Å². The van der Waals surface area contributed by atoms with Crippen molar-refractivity contribution in [1.82, 2.24) is 5.32 Å². The maximum absolute atomic E-state index is 12.0. The summed E-state index contributed by atoms with van der Waals surface area (Å²) in [5, 5.41) is 2.30. The van der Waals surface area contributed by atoms with Gasteiger partial charge in [0.15, 0.2) is 0 Å². The summed E-state index contributed by atoms with van der Waals surface area (Å²) >= 11 is 0. The first-order chi connectivity index (χ1) is 10.7. The molecule has 0 radical (unpaired) electrons. The van der Waals surface area contributed by atoms with Gasteiger partial charge in [-0.15, -0.1) is 0 Å². The number of ether oxygens (including phenoxy) is 2. The summed E-state index contributed by atoms with van der Waals surface area (Å²) in [5.41, 5.74) is 5.15. The Hall–Kier alpha value is -2.57. The monoisotopic (exact) mass is 322 g/mol. The lowest BCUT2D eigenvalue weighted by Crippen LogP contribution is -2.46. The summed E-state index contributed by atoms with van der Waals surface area (Å²) < 4.78 is 10.2. The van der Waals surface area contributed by atoms with Crippen molar-refractivity contribution in [3.8, 4) is 0 Å². The Kier molecular flexibility index (Phi) is 6.56. The normalized spacial score (nSPS) is 12.1. The standard InChI is InChI=1S/C16H22N2O5/c1-16(2,3)23-14(20)12(9-13(17)19)18-15(21)22-10-11-7-5-4-6-8-11/h4-8,12H,9-10H2,1-3H3,(H2,17,19)(H,18,21)/t12-/m0/s1. The molecule has 0 aliphatic heterocycles. The molecule has 7 nitrogen and oxygen atoms in total. The molecule has 1 rings (SSSR count). The topological polar surface area (TPSA) is 108 Å². The summed E-state index contributed by atoms with van der Waals surface area (Å²) in [6, 6.07) is 7.87. The second-order valence-electron chi connectivity index (χ2n) is 5.96. The lowest BCUT2D eigenvalue weighted by molar-refractivity contribution is -0.158. The van der Waals surface area contributed by atoms with Gasteiger partial charge in [0.05, 0.1) is 6.42 Å². The molecular weight excluding hydrogens is 300 g/mol. The van der Waals surface area contributed by atoms with Crippen LogP contribution in [-0.2, 0) is 25.7 Å². The lowest BCUT2D eigenvalue weighted by atomic mass is 10.1. The number of alkyl carbamates (subject to hydrolysis) is 1. The van der Waals surface area contributed by atoms with Crippen LogP contribution >= 0.6 is 0 Å². The minimum atomic E-state index is -1.19.